The number of fused-ring (bicyclic) bond motifs is 1. The second-order valence-corrected chi connectivity index (χ2v) is 12.3. The number of pyridine rings is 1. The van der Waals surface area contributed by atoms with E-state index in [9.17, 15) is 0 Å². The van der Waals surface area contributed by atoms with Gasteiger partial charge in [-0.2, -0.15) is 4.98 Å². The molecule has 2 saturated heterocycles. The first-order chi connectivity index (χ1) is 22.1. The molecule has 8 nitrogen and oxygen atoms in total. The van der Waals surface area contributed by atoms with Gasteiger partial charge in [-0.1, -0.05) is 65.7 Å². The fraction of sp³-hybridized carbons (Fsp3) is 0.306. The molecular weight excluding hydrogens is 582 g/mol. The quantitative estimate of drug-likeness (QED) is 0.216. The van der Waals surface area contributed by atoms with E-state index in [2.05, 4.69) is 85.4 Å². The van der Waals surface area contributed by atoms with Crippen LogP contribution in [0.4, 0.5) is 17.5 Å². The molecule has 1 unspecified atom stereocenters. The molecule has 3 aromatic carbocycles. The lowest BCUT2D eigenvalue weighted by Crippen LogP contribution is -2.46. The lowest BCUT2D eigenvalue weighted by Gasteiger charge is -2.36. The predicted molar refractivity (Wildman–Crippen MR) is 182 cm³/mol. The molecule has 0 radical (unpaired) electrons. The van der Waals surface area contributed by atoms with E-state index >= 15 is 0 Å². The molecule has 0 spiro atoms. The van der Waals surface area contributed by atoms with E-state index < -0.39 is 0 Å². The van der Waals surface area contributed by atoms with Crippen LogP contribution in [0.15, 0.2) is 91.3 Å². The molecular formula is C36H38ClN7O. The fourth-order valence-electron chi connectivity index (χ4n) is 6.16. The maximum Gasteiger partial charge on any atom is 0.227 e. The van der Waals surface area contributed by atoms with Crippen molar-refractivity contribution < 1.29 is 4.74 Å². The van der Waals surface area contributed by atoms with Gasteiger partial charge < -0.3 is 19.9 Å². The minimum Gasteiger partial charge on any atom is -0.378 e. The monoisotopic (exact) mass is 619 g/mol. The first-order valence-electron chi connectivity index (χ1n) is 15.7. The molecule has 0 aliphatic carbocycles. The summed E-state index contributed by atoms with van der Waals surface area (Å²) in [5, 5.41) is 5.56. The predicted octanol–water partition coefficient (Wildman–Crippen LogP) is 6.35. The zero-order valence-electron chi connectivity index (χ0n) is 25.6. The first kappa shape index (κ1) is 29.5. The van der Waals surface area contributed by atoms with Crippen LogP contribution < -0.4 is 15.1 Å². The second kappa shape index (κ2) is 13.4. The second-order valence-electron chi connectivity index (χ2n) is 11.8. The van der Waals surface area contributed by atoms with Gasteiger partial charge in [0.1, 0.15) is 5.82 Å². The van der Waals surface area contributed by atoms with Gasteiger partial charge in [0.25, 0.3) is 0 Å². The van der Waals surface area contributed by atoms with E-state index in [1.54, 1.807) is 0 Å². The van der Waals surface area contributed by atoms with Crippen LogP contribution in [-0.2, 0) is 11.3 Å². The van der Waals surface area contributed by atoms with Crippen molar-refractivity contribution in [3.05, 3.63) is 119 Å². The lowest BCUT2D eigenvalue weighted by atomic mass is 9.96. The van der Waals surface area contributed by atoms with Crippen molar-refractivity contribution >= 4 is 40.0 Å². The van der Waals surface area contributed by atoms with Crippen LogP contribution in [0.5, 0.6) is 0 Å². The maximum atomic E-state index is 6.26. The van der Waals surface area contributed by atoms with Crippen LogP contribution in [0.2, 0.25) is 5.02 Å². The molecule has 2 aromatic heterocycles. The molecule has 230 valence electrons. The number of hydrogen-bond acceptors (Lipinski definition) is 8. The van der Waals surface area contributed by atoms with Crippen LogP contribution in [0, 0.1) is 6.92 Å². The van der Waals surface area contributed by atoms with Gasteiger partial charge >= 0.3 is 0 Å². The number of piperazine rings is 1. The molecule has 0 saturated carbocycles. The smallest absolute Gasteiger partial charge is 0.227 e. The average molecular weight is 620 g/mol. The molecule has 7 rings (SSSR count). The Labute approximate surface area is 269 Å². The Morgan fingerprint density at radius 2 is 1.49 bits per heavy atom. The number of rotatable bonds is 8. The van der Waals surface area contributed by atoms with Crippen molar-refractivity contribution in [2.45, 2.75) is 19.5 Å². The fourth-order valence-corrected chi connectivity index (χ4v) is 6.33. The molecule has 4 heterocycles. The first-order valence-corrected chi connectivity index (χ1v) is 16.1. The molecule has 2 aliphatic rings. The summed E-state index contributed by atoms with van der Waals surface area (Å²) in [5.41, 5.74) is 6.90. The summed E-state index contributed by atoms with van der Waals surface area (Å²) in [6, 6.07) is 27.8. The zero-order chi connectivity index (χ0) is 30.6. The number of nitrogens with zero attached hydrogens (tertiary/aromatic N) is 6. The highest BCUT2D eigenvalue weighted by atomic mass is 35.5. The number of morpholine rings is 1. The van der Waals surface area contributed by atoms with Gasteiger partial charge in [0.05, 0.1) is 24.8 Å². The summed E-state index contributed by atoms with van der Waals surface area (Å²) in [6.45, 7) is 10.1. The maximum absolute atomic E-state index is 6.26. The molecule has 0 amide bonds. The van der Waals surface area contributed by atoms with Crippen molar-refractivity contribution in [3.8, 4) is 0 Å². The van der Waals surface area contributed by atoms with Crippen LogP contribution in [0.1, 0.15) is 28.3 Å². The Morgan fingerprint density at radius 1 is 0.778 bits per heavy atom. The SMILES string of the molecule is Cc1ccc(C(Nc2ccnc3cc(Cl)ccc23)c2ccc(CN3CCN(c4ccnc(N5CCOCC5)n4)CC3)cc2)cc1. The molecule has 2 fully saturated rings. The van der Waals surface area contributed by atoms with Crippen molar-refractivity contribution in [2.75, 3.05) is 67.6 Å². The summed E-state index contributed by atoms with van der Waals surface area (Å²) in [5.74, 6) is 1.81. The zero-order valence-corrected chi connectivity index (χ0v) is 26.3. The number of aryl methyl sites for hydroxylation is 1. The van der Waals surface area contributed by atoms with Crippen LogP contribution in [0.25, 0.3) is 10.9 Å². The normalized spacial score (nSPS) is 16.6. The van der Waals surface area contributed by atoms with Gasteiger partial charge in [0.15, 0.2) is 0 Å². The number of anilines is 3. The largest absolute Gasteiger partial charge is 0.378 e. The van der Waals surface area contributed by atoms with Gasteiger partial charge in [0, 0.05) is 74.3 Å². The van der Waals surface area contributed by atoms with Gasteiger partial charge in [0.2, 0.25) is 5.95 Å². The molecule has 2 aliphatic heterocycles. The van der Waals surface area contributed by atoms with Crippen molar-refractivity contribution in [2.24, 2.45) is 0 Å². The summed E-state index contributed by atoms with van der Waals surface area (Å²) in [4.78, 5) is 21.1. The van der Waals surface area contributed by atoms with E-state index in [4.69, 9.17) is 21.3 Å². The van der Waals surface area contributed by atoms with E-state index in [-0.39, 0.29) is 6.04 Å². The highest BCUT2D eigenvalue weighted by Crippen LogP contribution is 2.32. The van der Waals surface area contributed by atoms with Gasteiger partial charge in [-0.05, 0) is 53.9 Å². The van der Waals surface area contributed by atoms with Crippen molar-refractivity contribution in [1.82, 2.24) is 19.9 Å². The summed E-state index contributed by atoms with van der Waals surface area (Å²) in [6.07, 6.45) is 3.72. The molecule has 45 heavy (non-hydrogen) atoms. The molecule has 9 heteroatoms. The Hall–Kier alpha value is -4.24. The number of halogens is 1. The highest BCUT2D eigenvalue weighted by Gasteiger charge is 2.21. The van der Waals surface area contributed by atoms with E-state index in [0.717, 1.165) is 87.4 Å². The van der Waals surface area contributed by atoms with E-state index in [0.29, 0.717) is 5.02 Å². The minimum atomic E-state index is -0.0142. The lowest BCUT2D eigenvalue weighted by molar-refractivity contribution is 0.122. The molecule has 5 aromatic rings. The van der Waals surface area contributed by atoms with E-state index in [1.165, 1.54) is 22.3 Å². The Bertz CT molecular complexity index is 1730. The number of ether oxygens (including phenoxy) is 1. The number of benzene rings is 3. The molecule has 0 bridgehead atoms. The Kier molecular flexibility index (Phi) is 8.78. The summed E-state index contributed by atoms with van der Waals surface area (Å²) in [7, 11) is 0. The molecule has 1 atom stereocenters. The Morgan fingerprint density at radius 3 is 2.24 bits per heavy atom. The summed E-state index contributed by atoms with van der Waals surface area (Å²) < 4.78 is 5.49. The van der Waals surface area contributed by atoms with Gasteiger partial charge in [-0.25, -0.2) is 4.98 Å². The molecule has 1 N–H and O–H groups in total. The van der Waals surface area contributed by atoms with Crippen LogP contribution >= 0.6 is 11.6 Å². The highest BCUT2D eigenvalue weighted by molar-refractivity contribution is 6.31. The van der Waals surface area contributed by atoms with Crippen LogP contribution in [-0.4, -0.2) is 72.3 Å². The standard InChI is InChI=1S/C36H38ClN7O/c1-26-2-6-28(7-3-26)35(40-32-12-14-38-33-24-30(37)10-11-31(32)33)29-8-4-27(5-9-29)25-42-16-18-43(19-17-42)34-13-15-39-36(41-34)44-20-22-45-23-21-44/h2-15,24,35H,16-23,25H2,1H3,(H,38,40). The van der Waals surface area contributed by atoms with Gasteiger partial charge in [-0.3, -0.25) is 9.88 Å². The van der Waals surface area contributed by atoms with Crippen molar-refractivity contribution in [3.63, 3.8) is 0 Å². The average Bonchev–Trinajstić information content (AvgIpc) is 3.09. The van der Waals surface area contributed by atoms with E-state index in [1.807, 2.05) is 42.7 Å². The minimum absolute atomic E-state index is 0.0142. The number of aromatic nitrogens is 3. The Balaban J connectivity index is 1.03. The van der Waals surface area contributed by atoms with Crippen molar-refractivity contribution in [1.29, 1.82) is 0 Å². The number of hydrogen-bond donors (Lipinski definition) is 1. The van der Waals surface area contributed by atoms with Gasteiger partial charge in [-0.15, -0.1) is 0 Å². The van der Waals surface area contributed by atoms with Crippen LogP contribution in [0.3, 0.4) is 0 Å². The summed E-state index contributed by atoms with van der Waals surface area (Å²) >= 11 is 6.26. The topological polar surface area (TPSA) is 69.7 Å². The third kappa shape index (κ3) is 6.88. The third-order valence-electron chi connectivity index (χ3n) is 8.75. The third-order valence-corrected chi connectivity index (χ3v) is 8.99. The number of nitrogens with one attached hydrogen (secondary N) is 1.